The van der Waals surface area contributed by atoms with E-state index in [1.807, 2.05) is 0 Å². The van der Waals surface area contributed by atoms with Crippen molar-refractivity contribution >= 4 is 21.8 Å². The van der Waals surface area contributed by atoms with E-state index in [2.05, 4.69) is 21.2 Å². The number of alkyl halides is 1. The van der Waals surface area contributed by atoms with E-state index < -0.39 is 6.10 Å². The number of halogens is 1. The molecule has 2 N–H and O–H groups in total. The molecule has 2 atom stereocenters. The molecule has 1 heterocycles. The second-order valence-corrected chi connectivity index (χ2v) is 2.97. The lowest BCUT2D eigenvalue weighted by atomic mass is 10.2. The van der Waals surface area contributed by atoms with Gasteiger partial charge in [0, 0.05) is 0 Å². The summed E-state index contributed by atoms with van der Waals surface area (Å²) in [4.78, 5) is 10.8. The number of ether oxygens (including phenoxy) is 1. The fourth-order valence-corrected chi connectivity index (χ4v) is 1.09. The Morgan fingerprint density at radius 1 is 1.73 bits per heavy atom. The summed E-state index contributed by atoms with van der Waals surface area (Å²) < 4.78 is 4.93. The summed E-state index contributed by atoms with van der Waals surface area (Å²) in [5, 5.41) is 12.1. The lowest BCUT2D eigenvalue weighted by Gasteiger charge is -2.12. The highest BCUT2D eigenvalue weighted by molar-refractivity contribution is 9.09. The normalized spacial score (nSPS) is 30.4. The Morgan fingerprint density at radius 2 is 2.45 bits per heavy atom. The Morgan fingerprint density at radius 3 is 2.91 bits per heavy atom. The molecule has 5 heteroatoms. The van der Waals surface area contributed by atoms with Gasteiger partial charge in [0.25, 0.3) is 0 Å². The molecule has 1 saturated heterocycles. The van der Waals surface area contributed by atoms with Crippen LogP contribution >= 0.6 is 15.9 Å². The number of hydrogen-bond acceptors (Lipinski definition) is 3. The van der Waals surface area contributed by atoms with Gasteiger partial charge in [0.15, 0.2) is 0 Å². The lowest BCUT2D eigenvalue weighted by Crippen LogP contribution is -2.42. The SMILES string of the molecule is O=C(CBr)N[C@@H]1COC[C@H]1O. The summed E-state index contributed by atoms with van der Waals surface area (Å²) in [6.07, 6.45) is -0.557. The van der Waals surface area contributed by atoms with Crippen molar-refractivity contribution in [3.63, 3.8) is 0 Å². The third-order valence-corrected chi connectivity index (χ3v) is 2.03. The highest BCUT2D eigenvalue weighted by Crippen LogP contribution is 2.04. The minimum atomic E-state index is -0.557. The van der Waals surface area contributed by atoms with Gasteiger partial charge in [-0.15, -0.1) is 0 Å². The molecular weight excluding hydrogens is 214 g/mol. The van der Waals surface area contributed by atoms with Crippen LogP contribution in [0.2, 0.25) is 0 Å². The third-order valence-electron chi connectivity index (χ3n) is 1.52. The maximum atomic E-state index is 10.8. The van der Waals surface area contributed by atoms with Gasteiger partial charge in [0.2, 0.25) is 5.91 Å². The maximum Gasteiger partial charge on any atom is 0.231 e. The Labute approximate surface area is 73.0 Å². The molecule has 0 bridgehead atoms. The smallest absolute Gasteiger partial charge is 0.231 e. The zero-order chi connectivity index (χ0) is 8.27. The van der Waals surface area contributed by atoms with Gasteiger partial charge in [-0.3, -0.25) is 4.79 Å². The molecule has 0 spiro atoms. The first-order chi connectivity index (χ1) is 5.24. The number of carbonyl (C=O) groups excluding carboxylic acids is 1. The predicted molar refractivity (Wildman–Crippen MR) is 42.6 cm³/mol. The van der Waals surface area contributed by atoms with E-state index in [4.69, 9.17) is 4.74 Å². The van der Waals surface area contributed by atoms with Crippen LogP contribution in [0.1, 0.15) is 0 Å². The van der Waals surface area contributed by atoms with Gasteiger partial charge in [-0.2, -0.15) is 0 Å². The van der Waals surface area contributed by atoms with Crippen LogP contribution in [0.15, 0.2) is 0 Å². The summed E-state index contributed by atoms with van der Waals surface area (Å²) in [7, 11) is 0. The second-order valence-electron chi connectivity index (χ2n) is 2.41. The summed E-state index contributed by atoms with van der Waals surface area (Å²) in [5.41, 5.74) is 0. The Kier molecular flexibility index (Phi) is 3.29. The predicted octanol–water partition coefficient (Wildman–Crippen LogP) is -0.743. The molecule has 0 aliphatic carbocycles. The van der Waals surface area contributed by atoms with E-state index in [9.17, 15) is 9.90 Å². The zero-order valence-corrected chi connectivity index (χ0v) is 7.50. The van der Waals surface area contributed by atoms with Crippen molar-refractivity contribution in [3.8, 4) is 0 Å². The van der Waals surface area contributed by atoms with Crippen molar-refractivity contribution in [2.45, 2.75) is 12.1 Å². The van der Waals surface area contributed by atoms with E-state index >= 15 is 0 Å². The number of aliphatic hydroxyl groups is 1. The van der Waals surface area contributed by atoms with E-state index in [0.717, 1.165) is 0 Å². The minimum Gasteiger partial charge on any atom is -0.388 e. The number of hydrogen-bond donors (Lipinski definition) is 2. The molecule has 0 saturated carbocycles. The summed E-state index contributed by atoms with van der Waals surface area (Å²) in [5.74, 6) is -0.125. The molecule has 0 unspecified atom stereocenters. The van der Waals surface area contributed by atoms with E-state index in [-0.39, 0.29) is 17.3 Å². The average molecular weight is 224 g/mol. The van der Waals surface area contributed by atoms with Gasteiger partial charge in [-0.05, 0) is 0 Å². The van der Waals surface area contributed by atoms with Crippen molar-refractivity contribution < 1.29 is 14.6 Å². The fraction of sp³-hybridized carbons (Fsp3) is 0.833. The molecule has 1 rings (SSSR count). The molecule has 0 aromatic rings. The molecule has 64 valence electrons. The Hall–Kier alpha value is -0.130. The fourth-order valence-electron chi connectivity index (χ4n) is 0.926. The molecule has 1 amide bonds. The first-order valence-electron chi connectivity index (χ1n) is 3.35. The van der Waals surface area contributed by atoms with Crippen LogP contribution in [-0.4, -0.2) is 41.7 Å². The van der Waals surface area contributed by atoms with Crippen LogP contribution < -0.4 is 5.32 Å². The molecule has 11 heavy (non-hydrogen) atoms. The molecule has 0 aromatic heterocycles. The third kappa shape index (κ3) is 2.43. The molecule has 4 nitrogen and oxygen atoms in total. The monoisotopic (exact) mass is 223 g/mol. The standard InChI is InChI=1S/C6H10BrNO3/c7-1-6(10)8-4-2-11-3-5(4)9/h4-5,9H,1-3H2,(H,8,10)/t4-,5-/m1/s1. The van der Waals surface area contributed by atoms with Gasteiger partial charge in [-0.1, -0.05) is 15.9 Å². The molecule has 1 aliphatic rings. The lowest BCUT2D eigenvalue weighted by molar-refractivity contribution is -0.119. The van der Waals surface area contributed by atoms with Crippen molar-refractivity contribution in [2.24, 2.45) is 0 Å². The van der Waals surface area contributed by atoms with Crippen LogP contribution in [0.3, 0.4) is 0 Å². The molecule has 0 radical (unpaired) electrons. The average Bonchev–Trinajstić information content (AvgIpc) is 2.37. The largest absolute Gasteiger partial charge is 0.388 e. The molecular formula is C6H10BrNO3. The van der Waals surface area contributed by atoms with Crippen LogP contribution in [0, 0.1) is 0 Å². The van der Waals surface area contributed by atoms with Gasteiger partial charge in [0.1, 0.15) is 0 Å². The molecule has 1 aliphatic heterocycles. The van der Waals surface area contributed by atoms with Crippen molar-refractivity contribution in [2.75, 3.05) is 18.5 Å². The van der Waals surface area contributed by atoms with Crippen molar-refractivity contribution in [3.05, 3.63) is 0 Å². The zero-order valence-electron chi connectivity index (χ0n) is 5.92. The number of rotatable bonds is 2. The number of aliphatic hydroxyl groups excluding tert-OH is 1. The topological polar surface area (TPSA) is 58.6 Å². The van der Waals surface area contributed by atoms with Crippen LogP contribution in [-0.2, 0) is 9.53 Å². The first-order valence-corrected chi connectivity index (χ1v) is 4.47. The molecule has 0 aromatic carbocycles. The number of carbonyl (C=O) groups is 1. The van der Waals surface area contributed by atoms with Gasteiger partial charge in [0.05, 0.1) is 30.7 Å². The van der Waals surface area contributed by atoms with Crippen LogP contribution in [0.4, 0.5) is 0 Å². The maximum absolute atomic E-state index is 10.8. The summed E-state index contributed by atoms with van der Waals surface area (Å²) in [6.45, 7) is 0.715. The first kappa shape index (κ1) is 8.96. The van der Waals surface area contributed by atoms with Crippen molar-refractivity contribution in [1.29, 1.82) is 0 Å². The van der Waals surface area contributed by atoms with Gasteiger partial charge >= 0.3 is 0 Å². The van der Waals surface area contributed by atoms with E-state index in [1.165, 1.54) is 0 Å². The summed E-state index contributed by atoms with van der Waals surface area (Å²) in [6, 6.07) is -0.236. The number of amides is 1. The van der Waals surface area contributed by atoms with Crippen LogP contribution in [0.25, 0.3) is 0 Å². The van der Waals surface area contributed by atoms with E-state index in [1.54, 1.807) is 0 Å². The second kappa shape index (κ2) is 4.04. The Bertz CT molecular complexity index is 153. The minimum absolute atomic E-state index is 0.125. The quantitative estimate of drug-likeness (QED) is 0.607. The summed E-state index contributed by atoms with van der Waals surface area (Å²) >= 11 is 3.01. The van der Waals surface area contributed by atoms with E-state index in [0.29, 0.717) is 13.2 Å². The number of nitrogens with one attached hydrogen (secondary N) is 1. The van der Waals surface area contributed by atoms with Crippen LogP contribution in [0.5, 0.6) is 0 Å². The van der Waals surface area contributed by atoms with Crippen molar-refractivity contribution in [1.82, 2.24) is 5.32 Å². The van der Waals surface area contributed by atoms with Gasteiger partial charge < -0.3 is 15.2 Å². The van der Waals surface area contributed by atoms with Gasteiger partial charge in [-0.25, -0.2) is 0 Å². The highest BCUT2D eigenvalue weighted by atomic mass is 79.9. The molecule has 1 fully saturated rings. The highest BCUT2D eigenvalue weighted by Gasteiger charge is 2.26. The Balaban J connectivity index is 2.30.